The number of Topliss-reactive ketones (excluding diaryl/α,β-unsaturated/α-hetero) is 1. The molecule has 2 aromatic carbocycles. The number of thioether (sulfide) groups is 1. The summed E-state index contributed by atoms with van der Waals surface area (Å²) < 4.78 is 14.3. The van der Waals surface area contributed by atoms with Crippen LogP contribution in [-0.4, -0.2) is 27.1 Å². The van der Waals surface area contributed by atoms with Gasteiger partial charge < -0.3 is 10.6 Å². The van der Waals surface area contributed by atoms with Crippen LogP contribution in [-0.2, 0) is 4.79 Å². The second-order valence-corrected chi connectivity index (χ2v) is 8.43. The van der Waals surface area contributed by atoms with Crippen LogP contribution in [0.3, 0.4) is 0 Å². The lowest BCUT2D eigenvalue weighted by Gasteiger charge is -2.10. The molecule has 0 radical (unpaired) electrons. The summed E-state index contributed by atoms with van der Waals surface area (Å²) in [7, 11) is 0. The van der Waals surface area contributed by atoms with Crippen LogP contribution in [0, 0.1) is 5.82 Å². The zero-order valence-electron chi connectivity index (χ0n) is 15.1. The van der Waals surface area contributed by atoms with Crippen molar-refractivity contribution >= 4 is 51.3 Å². The number of rotatable bonds is 7. The van der Waals surface area contributed by atoms with Crippen molar-refractivity contribution in [2.24, 2.45) is 0 Å². The first kappa shape index (κ1) is 20.0. The summed E-state index contributed by atoms with van der Waals surface area (Å²) in [6, 6.07) is 13.0. The summed E-state index contributed by atoms with van der Waals surface area (Å²) in [5.74, 6) is -0.604. The fourth-order valence-electron chi connectivity index (χ4n) is 2.22. The smallest absolute Gasteiger partial charge is 0.237 e. The highest BCUT2D eigenvalue weighted by Crippen LogP contribution is 2.31. The average molecular weight is 417 g/mol. The van der Waals surface area contributed by atoms with E-state index in [1.165, 1.54) is 36.1 Å². The summed E-state index contributed by atoms with van der Waals surface area (Å²) in [6.07, 6.45) is 0. The number of aromatic nitrogens is 2. The molecule has 9 heteroatoms. The maximum atomic E-state index is 13.7. The van der Waals surface area contributed by atoms with Crippen molar-refractivity contribution in [1.29, 1.82) is 0 Å². The third-order valence-electron chi connectivity index (χ3n) is 3.73. The summed E-state index contributed by atoms with van der Waals surface area (Å²) in [4.78, 5) is 23.7. The molecule has 0 fully saturated rings. The third-order valence-corrected chi connectivity index (χ3v) is 5.75. The molecule has 0 bridgehead atoms. The van der Waals surface area contributed by atoms with E-state index in [1.54, 1.807) is 49.4 Å². The van der Waals surface area contributed by atoms with Crippen molar-refractivity contribution in [3.05, 3.63) is 59.9 Å². The van der Waals surface area contributed by atoms with Gasteiger partial charge in [0.25, 0.3) is 0 Å². The molecule has 0 saturated heterocycles. The Morgan fingerprint density at radius 2 is 1.82 bits per heavy atom. The normalized spacial score (nSPS) is 11.7. The van der Waals surface area contributed by atoms with E-state index in [0.29, 0.717) is 26.4 Å². The van der Waals surface area contributed by atoms with Crippen LogP contribution in [0.4, 0.5) is 20.9 Å². The van der Waals surface area contributed by atoms with Crippen molar-refractivity contribution in [3.8, 4) is 0 Å². The fraction of sp³-hybridized carbons (Fsp3) is 0.158. The number of halogens is 1. The number of carbonyl (C=O) groups excluding carboxylic acids is 2. The molecule has 1 heterocycles. The van der Waals surface area contributed by atoms with Gasteiger partial charge >= 0.3 is 0 Å². The molecule has 1 aromatic heterocycles. The van der Waals surface area contributed by atoms with Crippen LogP contribution >= 0.6 is 23.1 Å². The largest absolute Gasteiger partial charge is 0.328 e. The molecule has 0 spiro atoms. The van der Waals surface area contributed by atoms with E-state index in [-0.39, 0.29) is 17.5 Å². The predicted octanol–water partition coefficient (Wildman–Crippen LogP) is 4.74. The molecule has 1 amide bonds. The molecular formula is C19H17FN4O2S2. The fourth-order valence-corrected chi connectivity index (χ4v) is 4.13. The molecule has 0 aliphatic carbocycles. The highest BCUT2D eigenvalue weighted by molar-refractivity contribution is 8.02. The van der Waals surface area contributed by atoms with E-state index in [2.05, 4.69) is 20.8 Å². The molecule has 0 saturated carbocycles. The Labute approximate surface area is 169 Å². The van der Waals surface area contributed by atoms with Crippen molar-refractivity contribution in [2.45, 2.75) is 23.4 Å². The number of anilines is 3. The van der Waals surface area contributed by atoms with Crippen molar-refractivity contribution in [2.75, 3.05) is 10.6 Å². The Morgan fingerprint density at radius 1 is 1.11 bits per heavy atom. The molecule has 6 nitrogen and oxygen atoms in total. The SMILES string of the molecule is CC(=O)c1ccc(NC(=O)[C@H](C)Sc2nnc(Nc3ccccc3F)s2)cc1. The van der Waals surface area contributed by atoms with Gasteiger partial charge in [0, 0.05) is 11.3 Å². The lowest BCUT2D eigenvalue weighted by atomic mass is 10.1. The third kappa shape index (κ3) is 5.14. The summed E-state index contributed by atoms with van der Waals surface area (Å²) in [5, 5.41) is 13.7. The number of hydrogen-bond acceptors (Lipinski definition) is 7. The predicted molar refractivity (Wildman–Crippen MR) is 110 cm³/mol. The lowest BCUT2D eigenvalue weighted by molar-refractivity contribution is -0.115. The number of amides is 1. The van der Waals surface area contributed by atoms with Gasteiger partial charge in [0.1, 0.15) is 5.82 Å². The van der Waals surface area contributed by atoms with Gasteiger partial charge in [-0.25, -0.2) is 4.39 Å². The second kappa shape index (κ2) is 8.94. The topological polar surface area (TPSA) is 84.0 Å². The zero-order chi connectivity index (χ0) is 20.1. The van der Waals surface area contributed by atoms with E-state index in [1.807, 2.05) is 0 Å². The minimum Gasteiger partial charge on any atom is -0.328 e. The van der Waals surface area contributed by atoms with Crippen molar-refractivity contribution < 1.29 is 14.0 Å². The minimum absolute atomic E-state index is 0.0298. The molecule has 0 aliphatic heterocycles. The monoisotopic (exact) mass is 416 g/mol. The molecule has 28 heavy (non-hydrogen) atoms. The Kier molecular flexibility index (Phi) is 6.37. The van der Waals surface area contributed by atoms with Crippen LogP contribution in [0.2, 0.25) is 0 Å². The highest BCUT2D eigenvalue weighted by atomic mass is 32.2. The zero-order valence-corrected chi connectivity index (χ0v) is 16.7. The molecule has 144 valence electrons. The van der Waals surface area contributed by atoms with E-state index >= 15 is 0 Å². The Morgan fingerprint density at radius 3 is 2.50 bits per heavy atom. The molecule has 1 atom stereocenters. The van der Waals surface area contributed by atoms with E-state index in [9.17, 15) is 14.0 Å². The molecular weight excluding hydrogens is 399 g/mol. The van der Waals surface area contributed by atoms with Crippen LogP contribution in [0.1, 0.15) is 24.2 Å². The number of carbonyl (C=O) groups is 2. The standard InChI is InChI=1S/C19H17FN4O2S2/c1-11(25)13-7-9-14(10-8-13)21-17(26)12(2)27-19-24-23-18(28-19)22-16-6-4-3-5-15(16)20/h3-10,12H,1-2H3,(H,21,26)(H,22,23)/t12-/m0/s1. The Hall–Kier alpha value is -2.78. The quantitative estimate of drug-likeness (QED) is 0.427. The average Bonchev–Trinajstić information content (AvgIpc) is 3.11. The maximum Gasteiger partial charge on any atom is 0.237 e. The molecule has 3 aromatic rings. The van der Waals surface area contributed by atoms with Crippen LogP contribution in [0.25, 0.3) is 0 Å². The van der Waals surface area contributed by atoms with Crippen LogP contribution in [0.15, 0.2) is 52.9 Å². The van der Waals surface area contributed by atoms with Gasteiger partial charge in [-0.15, -0.1) is 10.2 Å². The number of hydrogen-bond donors (Lipinski definition) is 2. The number of para-hydroxylation sites is 1. The molecule has 3 rings (SSSR count). The van der Waals surface area contributed by atoms with E-state index in [0.717, 1.165) is 0 Å². The minimum atomic E-state index is -0.415. The van der Waals surface area contributed by atoms with E-state index < -0.39 is 5.25 Å². The van der Waals surface area contributed by atoms with Gasteiger partial charge in [-0.3, -0.25) is 9.59 Å². The molecule has 0 aliphatic rings. The first-order valence-corrected chi connectivity index (χ1v) is 10.1. The number of benzene rings is 2. The lowest BCUT2D eigenvalue weighted by Crippen LogP contribution is -2.22. The first-order valence-electron chi connectivity index (χ1n) is 8.36. The number of ketones is 1. The first-order chi connectivity index (χ1) is 13.4. The van der Waals surface area contributed by atoms with Crippen LogP contribution in [0.5, 0.6) is 0 Å². The summed E-state index contributed by atoms with van der Waals surface area (Å²) in [5.41, 5.74) is 1.51. The van der Waals surface area contributed by atoms with Gasteiger partial charge in [-0.2, -0.15) is 0 Å². The van der Waals surface area contributed by atoms with Gasteiger partial charge in [0.15, 0.2) is 10.1 Å². The second-order valence-electron chi connectivity index (χ2n) is 5.86. The maximum absolute atomic E-state index is 13.7. The summed E-state index contributed by atoms with van der Waals surface area (Å²) in [6.45, 7) is 3.25. The van der Waals surface area contributed by atoms with Gasteiger partial charge in [0.05, 0.1) is 10.9 Å². The Bertz CT molecular complexity index is 992. The van der Waals surface area contributed by atoms with E-state index in [4.69, 9.17) is 0 Å². The Balaban J connectivity index is 1.57. The van der Waals surface area contributed by atoms with Gasteiger partial charge in [-0.1, -0.05) is 35.2 Å². The van der Waals surface area contributed by atoms with Crippen molar-refractivity contribution in [3.63, 3.8) is 0 Å². The summed E-state index contributed by atoms with van der Waals surface area (Å²) >= 11 is 2.50. The number of nitrogens with zero attached hydrogens (tertiary/aromatic N) is 2. The van der Waals surface area contributed by atoms with Crippen molar-refractivity contribution in [1.82, 2.24) is 10.2 Å². The van der Waals surface area contributed by atoms with Gasteiger partial charge in [-0.05, 0) is 50.2 Å². The highest BCUT2D eigenvalue weighted by Gasteiger charge is 2.18. The molecule has 2 N–H and O–H groups in total. The van der Waals surface area contributed by atoms with Gasteiger partial charge in [0.2, 0.25) is 11.0 Å². The van der Waals surface area contributed by atoms with Crippen LogP contribution < -0.4 is 10.6 Å². The molecule has 0 unspecified atom stereocenters. The number of nitrogens with one attached hydrogen (secondary N) is 2.